The van der Waals surface area contributed by atoms with Gasteiger partial charge in [0.2, 0.25) is 0 Å². The lowest BCUT2D eigenvalue weighted by molar-refractivity contribution is 0.0456. The second-order valence-corrected chi connectivity index (χ2v) is 18.0. The second-order valence-electron chi connectivity index (χ2n) is 18.0. The molecular formula is C49H65FN6O5. The summed E-state index contributed by atoms with van der Waals surface area (Å²) in [4.78, 5) is 46.5. The number of nitrogens with zero attached hydrogens (tertiary/aromatic N) is 5. The van der Waals surface area contributed by atoms with E-state index in [1.807, 2.05) is 56.6 Å². The Bertz CT molecular complexity index is 2150. The molecule has 3 aromatic carbocycles. The molecule has 4 unspecified atom stereocenters. The first-order chi connectivity index (χ1) is 29.1. The van der Waals surface area contributed by atoms with Gasteiger partial charge in [-0.2, -0.15) is 5.10 Å². The fourth-order valence-electron chi connectivity index (χ4n) is 9.50. The van der Waals surface area contributed by atoms with Gasteiger partial charge in [-0.1, -0.05) is 26.8 Å². The van der Waals surface area contributed by atoms with E-state index in [9.17, 15) is 18.8 Å². The summed E-state index contributed by atoms with van der Waals surface area (Å²) in [5.74, 6) is 2.22. The normalized spacial score (nSPS) is 19.8. The molecule has 0 aliphatic heterocycles. The van der Waals surface area contributed by atoms with E-state index in [2.05, 4.69) is 37.9 Å². The molecule has 12 heteroatoms. The van der Waals surface area contributed by atoms with Crippen LogP contribution in [0.2, 0.25) is 0 Å². The standard InChI is InChI=1S/C49H65FN6O5/c1-32(2)39-30-36(48(59)55(7)26-12-24-53(5)23-11-25-54(6)47(58)35-15-18-38(50)19-16-35)17-20-41(39)56-42(45-43(60-8)13-10-14-44(45)61-9)31-40(52-56)46(57)51-49(4)22-21-34-27-33(3)28-37(49)29-34/h10,13-20,30-34,37H,11-12,21-29H2,1-9H3,(H,51,57). The van der Waals surface area contributed by atoms with Crippen LogP contribution in [0.25, 0.3) is 16.9 Å². The molecule has 0 spiro atoms. The highest BCUT2D eigenvalue weighted by atomic mass is 19.1. The highest BCUT2D eigenvalue weighted by molar-refractivity contribution is 5.96. The van der Waals surface area contributed by atoms with E-state index in [1.54, 1.807) is 35.7 Å². The lowest BCUT2D eigenvalue weighted by Gasteiger charge is -2.49. The van der Waals surface area contributed by atoms with Gasteiger partial charge in [-0.3, -0.25) is 14.4 Å². The fourth-order valence-corrected chi connectivity index (χ4v) is 9.50. The first kappa shape index (κ1) is 45.3. The molecule has 3 amide bonds. The fraction of sp³-hybridized carbons (Fsp3) is 0.510. The number of amides is 3. The summed E-state index contributed by atoms with van der Waals surface area (Å²) in [6, 6.07) is 18.8. The average Bonchev–Trinajstić information content (AvgIpc) is 3.69. The summed E-state index contributed by atoms with van der Waals surface area (Å²) in [6.45, 7) is 11.4. The molecule has 11 nitrogen and oxygen atoms in total. The van der Waals surface area contributed by atoms with Crippen LogP contribution in [0, 0.1) is 23.6 Å². The smallest absolute Gasteiger partial charge is 0.272 e. The molecule has 61 heavy (non-hydrogen) atoms. The monoisotopic (exact) mass is 837 g/mol. The number of aromatic nitrogens is 2. The van der Waals surface area contributed by atoms with Crippen molar-refractivity contribution in [2.45, 2.75) is 84.1 Å². The maximum absolute atomic E-state index is 14.3. The molecule has 0 radical (unpaired) electrons. The summed E-state index contributed by atoms with van der Waals surface area (Å²) in [5, 5.41) is 8.48. The first-order valence-electron chi connectivity index (χ1n) is 21.9. The van der Waals surface area contributed by atoms with E-state index >= 15 is 0 Å². The van der Waals surface area contributed by atoms with Gasteiger partial charge >= 0.3 is 0 Å². The van der Waals surface area contributed by atoms with Crippen molar-refractivity contribution in [3.05, 3.63) is 94.9 Å². The van der Waals surface area contributed by atoms with E-state index in [0.29, 0.717) is 64.5 Å². The largest absolute Gasteiger partial charge is 0.496 e. The molecule has 2 fully saturated rings. The quantitative estimate of drug-likeness (QED) is 0.113. The minimum absolute atomic E-state index is 0.0167. The maximum Gasteiger partial charge on any atom is 0.272 e. The Balaban J connectivity index is 1.17. The topological polar surface area (TPSA) is 109 Å². The molecule has 2 aliphatic carbocycles. The number of nitrogens with one attached hydrogen (secondary N) is 1. The van der Waals surface area contributed by atoms with Crippen LogP contribution in [0.5, 0.6) is 11.5 Å². The number of benzene rings is 3. The summed E-state index contributed by atoms with van der Waals surface area (Å²) in [5.41, 5.74) is 4.03. The molecule has 0 saturated heterocycles. The molecule has 6 rings (SSSR count). The molecule has 4 atom stereocenters. The zero-order chi connectivity index (χ0) is 44.0. The van der Waals surface area contributed by atoms with Gasteiger partial charge in [-0.05, 0) is 162 Å². The molecule has 2 bridgehead atoms. The summed E-state index contributed by atoms with van der Waals surface area (Å²) in [7, 11) is 8.86. The number of halogens is 1. The Kier molecular flexibility index (Phi) is 14.6. The van der Waals surface area contributed by atoms with Gasteiger partial charge in [0.1, 0.15) is 17.3 Å². The summed E-state index contributed by atoms with van der Waals surface area (Å²) < 4.78 is 26.8. The van der Waals surface area contributed by atoms with Crippen LogP contribution in [0.1, 0.15) is 115 Å². The number of hydrogen-bond donors (Lipinski definition) is 1. The van der Waals surface area contributed by atoms with Crippen molar-refractivity contribution in [1.29, 1.82) is 0 Å². The number of carbonyl (C=O) groups is 3. The Morgan fingerprint density at radius 3 is 2.07 bits per heavy atom. The van der Waals surface area contributed by atoms with E-state index < -0.39 is 0 Å². The lowest BCUT2D eigenvalue weighted by Crippen LogP contribution is -2.56. The van der Waals surface area contributed by atoms with Crippen LogP contribution in [-0.2, 0) is 0 Å². The van der Waals surface area contributed by atoms with Crippen LogP contribution in [0.3, 0.4) is 0 Å². The van der Waals surface area contributed by atoms with E-state index in [-0.39, 0.29) is 35.0 Å². The molecule has 2 aliphatic rings. The van der Waals surface area contributed by atoms with Gasteiger partial charge in [0.05, 0.1) is 31.2 Å². The number of hydrogen-bond acceptors (Lipinski definition) is 7. The van der Waals surface area contributed by atoms with Crippen molar-refractivity contribution in [3.63, 3.8) is 0 Å². The molecule has 1 heterocycles. The van der Waals surface area contributed by atoms with Crippen molar-refractivity contribution in [1.82, 2.24) is 29.8 Å². The number of methoxy groups -OCH3 is 2. The van der Waals surface area contributed by atoms with Gasteiger partial charge < -0.3 is 29.5 Å². The zero-order valence-electron chi connectivity index (χ0n) is 37.6. The zero-order valence-corrected chi connectivity index (χ0v) is 37.6. The number of rotatable bonds is 17. The van der Waals surface area contributed by atoms with Gasteiger partial charge in [0.25, 0.3) is 17.7 Å². The van der Waals surface area contributed by atoms with Crippen molar-refractivity contribution < 1.29 is 28.2 Å². The van der Waals surface area contributed by atoms with Crippen LogP contribution in [-0.4, -0.2) is 109 Å². The van der Waals surface area contributed by atoms with E-state index in [0.717, 1.165) is 68.8 Å². The van der Waals surface area contributed by atoms with Gasteiger partial charge in [0, 0.05) is 43.9 Å². The molecule has 1 aromatic heterocycles. The number of carbonyl (C=O) groups excluding carboxylic acids is 3. The van der Waals surface area contributed by atoms with Gasteiger partial charge in [-0.25, -0.2) is 9.07 Å². The average molecular weight is 837 g/mol. The first-order valence-corrected chi connectivity index (χ1v) is 21.9. The van der Waals surface area contributed by atoms with Crippen LogP contribution in [0.4, 0.5) is 4.39 Å². The molecule has 1 N–H and O–H groups in total. The Labute approximate surface area is 361 Å². The number of fused-ring (bicyclic) bond motifs is 2. The highest BCUT2D eigenvalue weighted by Gasteiger charge is 2.45. The molecular weight excluding hydrogens is 772 g/mol. The van der Waals surface area contributed by atoms with Crippen molar-refractivity contribution in [3.8, 4) is 28.4 Å². The molecule has 328 valence electrons. The van der Waals surface area contributed by atoms with Gasteiger partial charge in [-0.15, -0.1) is 0 Å². The van der Waals surface area contributed by atoms with Crippen molar-refractivity contribution in [2.75, 3.05) is 61.5 Å². The highest BCUT2D eigenvalue weighted by Crippen LogP contribution is 2.47. The maximum atomic E-state index is 14.3. The lowest BCUT2D eigenvalue weighted by atomic mass is 9.61. The van der Waals surface area contributed by atoms with Crippen LogP contribution in [0.15, 0.2) is 66.7 Å². The van der Waals surface area contributed by atoms with Gasteiger partial charge in [0.15, 0.2) is 5.69 Å². The SMILES string of the molecule is COc1cccc(OC)c1-c1cc(C(=O)NC2(C)CCC3CC(C)CC2C3)nn1-c1ccc(C(=O)N(C)CCCN(C)CCCN(C)C(=O)c2ccc(F)cc2)cc1C(C)C. The van der Waals surface area contributed by atoms with E-state index in [4.69, 9.17) is 14.6 Å². The number of ether oxygens (including phenoxy) is 2. The predicted octanol–water partition coefficient (Wildman–Crippen LogP) is 8.71. The Morgan fingerprint density at radius 2 is 1.46 bits per heavy atom. The van der Waals surface area contributed by atoms with Crippen LogP contribution >= 0.6 is 0 Å². The third-order valence-electron chi connectivity index (χ3n) is 13.0. The van der Waals surface area contributed by atoms with Crippen molar-refractivity contribution >= 4 is 17.7 Å². The minimum Gasteiger partial charge on any atom is -0.496 e. The summed E-state index contributed by atoms with van der Waals surface area (Å²) in [6.07, 6.45) is 7.18. The molecule has 4 aromatic rings. The minimum atomic E-state index is -0.366. The Hall–Kier alpha value is -5.23. The Morgan fingerprint density at radius 1 is 0.852 bits per heavy atom. The third-order valence-corrected chi connectivity index (χ3v) is 13.0. The van der Waals surface area contributed by atoms with E-state index in [1.165, 1.54) is 30.7 Å². The third kappa shape index (κ3) is 10.5. The summed E-state index contributed by atoms with van der Waals surface area (Å²) >= 11 is 0. The second kappa shape index (κ2) is 19.6. The predicted molar refractivity (Wildman–Crippen MR) is 238 cm³/mol. The van der Waals surface area contributed by atoms with Crippen LogP contribution < -0.4 is 14.8 Å². The molecule has 2 saturated carbocycles. The van der Waals surface area contributed by atoms with Crippen molar-refractivity contribution in [2.24, 2.45) is 17.8 Å².